The van der Waals surface area contributed by atoms with Crippen molar-refractivity contribution in [2.75, 3.05) is 11.3 Å². The number of rotatable bonds is 7. The van der Waals surface area contributed by atoms with Crippen LogP contribution in [0.1, 0.15) is 21.5 Å². The molecule has 29 heavy (non-hydrogen) atoms. The quantitative estimate of drug-likeness (QED) is 0.630. The van der Waals surface area contributed by atoms with Crippen LogP contribution in [0.2, 0.25) is 0 Å². The van der Waals surface area contributed by atoms with E-state index in [1.165, 1.54) is 30.3 Å². The van der Waals surface area contributed by atoms with Gasteiger partial charge in [0.2, 0.25) is 0 Å². The molecule has 0 aromatic heterocycles. The summed E-state index contributed by atoms with van der Waals surface area (Å²) in [6.07, 6.45) is 0.672. The van der Waals surface area contributed by atoms with Crippen molar-refractivity contribution < 1.29 is 13.2 Å². The van der Waals surface area contributed by atoms with Gasteiger partial charge in [0.1, 0.15) is 0 Å². The Labute approximate surface area is 169 Å². The van der Waals surface area contributed by atoms with Crippen molar-refractivity contribution in [2.45, 2.75) is 11.3 Å². The van der Waals surface area contributed by atoms with Gasteiger partial charge in [-0.15, -0.1) is 0 Å². The molecule has 3 rings (SSSR count). The number of anilines is 1. The second-order valence-electron chi connectivity index (χ2n) is 6.28. The van der Waals surface area contributed by atoms with E-state index in [1.807, 2.05) is 36.4 Å². The van der Waals surface area contributed by atoms with Gasteiger partial charge in [0.15, 0.2) is 0 Å². The molecule has 7 heteroatoms. The minimum atomic E-state index is -3.90. The van der Waals surface area contributed by atoms with Crippen LogP contribution in [-0.4, -0.2) is 20.9 Å². The largest absolute Gasteiger partial charge is 0.352 e. The lowest BCUT2D eigenvalue weighted by molar-refractivity contribution is 0.0955. The third-order valence-corrected chi connectivity index (χ3v) is 5.63. The lowest BCUT2D eigenvalue weighted by Crippen LogP contribution is -2.27. The van der Waals surface area contributed by atoms with Crippen LogP contribution in [0.15, 0.2) is 83.8 Å². The molecule has 0 aliphatic carbocycles. The van der Waals surface area contributed by atoms with Crippen molar-refractivity contribution >= 4 is 21.6 Å². The van der Waals surface area contributed by atoms with Crippen molar-refractivity contribution in [3.05, 3.63) is 95.6 Å². The first kappa shape index (κ1) is 20.1. The number of nitrogens with one attached hydrogen (secondary N) is 2. The number of benzene rings is 3. The number of para-hydroxylation sites is 1. The Morgan fingerprint density at radius 1 is 0.897 bits per heavy atom. The van der Waals surface area contributed by atoms with Crippen molar-refractivity contribution in [1.29, 1.82) is 5.26 Å². The summed E-state index contributed by atoms with van der Waals surface area (Å²) in [6, 6.07) is 23.7. The zero-order valence-corrected chi connectivity index (χ0v) is 16.3. The molecule has 0 unspecified atom stereocenters. The van der Waals surface area contributed by atoms with E-state index >= 15 is 0 Å². The minimum Gasteiger partial charge on any atom is -0.352 e. The molecule has 0 fully saturated rings. The van der Waals surface area contributed by atoms with Gasteiger partial charge in [0, 0.05) is 6.54 Å². The van der Waals surface area contributed by atoms with E-state index < -0.39 is 10.0 Å². The predicted octanol–water partition coefficient (Wildman–Crippen LogP) is 3.33. The average molecular weight is 405 g/mol. The van der Waals surface area contributed by atoms with Crippen molar-refractivity contribution in [2.24, 2.45) is 0 Å². The summed E-state index contributed by atoms with van der Waals surface area (Å²) in [6.45, 7) is 0.430. The highest BCUT2D eigenvalue weighted by Gasteiger charge is 2.18. The molecule has 0 saturated heterocycles. The number of nitrogens with zero attached hydrogens (tertiary/aromatic N) is 1. The van der Waals surface area contributed by atoms with Gasteiger partial charge in [0.05, 0.1) is 27.8 Å². The van der Waals surface area contributed by atoms with Crippen LogP contribution >= 0.6 is 0 Å². The second-order valence-corrected chi connectivity index (χ2v) is 7.96. The molecule has 6 nitrogen and oxygen atoms in total. The monoisotopic (exact) mass is 405 g/mol. The molecule has 0 aliphatic heterocycles. The van der Waals surface area contributed by atoms with E-state index in [0.29, 0.717) is 18.5 Å². The molecule has 3 aromatic carbocycles. The first-order chi connectivity index (χ1) is 14.0. The van der Waals surface area contributed by atoms with E-state index in [0.717, 1.165) is 5.56 Å². The Kier molecular flexibility index (Phi) is 6.27. The number of nitriles is 1. The van der Waals surface area contributed by atoms with Crippen molar-refractivity contribution in [1.82, 2.24) is 5.32 Å². The SMILES string of the molecule is N#Cc1ccc(S(=O)(=O)Nc2ccccc2C(=O)NCCc2ccccc2)cc1. The van der Waals surface area contributed by atoms with Gasteiger partial charge < -0.3 is 5.32 Å². The van der Waals surface area contributed by atoms with Crippen molar-refractivity contribution in [3.63, 3.8) is 0 Å². The Morgan fingerprint density at radius 3 is 2.24 bits per heavy atom. The van der Waals surface area contributed by atoms with E-state index in [-0.39, 0.29) is 22.1 Å². The van der Waals surface area contributed by atoms with Crippen LogP contribution in [-0.2, 0) is 16.4 Å². The molecule has 0 spiro atoms. The van der Waals surface area contributed by atoms with Gasteiger partial charge in [-0.2, -0.15) is 5.26 Å². The van der Waals surface area contributed by atoms with Gasteiger partial charge in [-0.25, -0.2) is 8.42 Å². The summed E-state index contributed by atoms with van der Waals surface area (Å²) < 4.78 is 27.8. The highest BCUT2D eigenvalue weighted by atomic mass is 32.2. The maximum Gasteiger partial charge on any atom is 0.261 e. The van der Waals surface area contributed by atoms with Crippen LogP contribution in [0.3, 0.4) is 0 Å². The van der Waals surface area contributed by atoms with Crippen molar-refractivity contribution in [3.8, 4) is 6.07 Å². The summed E-state index contributed by atoms with van der Waals surface area (Å²) in [4.78, 5) is 12.6. The highest BCUT2D eigenvalue weighted by Crippen LogP contribution is 2.20. The minimum absolute atomic E-state index is 0.00999. The van der Waals surface area contributed by atoms with Gasteiger partial charge in [-0.3, -0.25) is 9.52 Å². The maximum atomic E-state index is 12.6. The fourth-order valence-corrected chi connectivity index (χ4v) is 3.82. The summed E-state index contributed by atoms with van der Waals surface area (Å²) in [5.41, 5.74) is 1.89. The van der Waals surface area contributed by atoms with E-state index in [4.69, 9.17) is 5.26 Å². The smallest absolute Gasteiger partial charge is 0.261 e. The molecule has 146 valence electrons. The van der Waals surface area contributed by atoms with Crippen LogP contribution < -0.4 is 10.0 Å². The topological polar surface area (TPSA) is 99.1 Å². The normalized spacial score (nSPS) is 10.7. The molecule has 0 bridgehead atoms. The number of amides is 1. The third-order valence-electron chi connectivity index (χ3n) is 4.25. The molecule has 0 atom stereocenters. The molecule has 0 radical (unpaired) electrons. The van der Waals surface area contributed by atoms with Crippen LogP contribution in [0, 0.1) is 11.3 Å². The zero-order valence-electron chi connectivity index (χ0n) is 15.5. The second kappa shape index (κ2) is 9.04. The fourth-order valence-electron chi connectivity index (χ4n) is 2.74. The molecule has 0 aliphatic rings. The van der Waals surface area contributed by atoms with Gasteiger partial charge in [0.25, 0.3) is 15.9 Å². The standard InChI is InChI=1S/C22H19N3O3S/c23-16-18-10-12-19(13-11-18)29(27,28)25-21-9-5-4-8-20(21)22(26)24-15-14-17-6-2-1-3-7-17/h1-13,25H,14-15H2,(H,24,26). The zero-order chi connectivity index (χ0) is 20.7. The summed E-state index contributed by atoms with van der Waals surface area (Å²) >= 11 is 0. The fraction of sp³-hybridized carbons (Fsp3) is 0.0909. The Hall–Kier alpha value is -3.63. The number of hydrogen-bond donors (Lipinski definition) is 2. The highest BCUT2D eigenvalue weighted by molar-refractivity contribution is 7.92. The summed E-state index contributed by atoms with van der Waals surface area (Å²) in [7, 11) is -3.90. The maximum absolute atomic E-state index is 12.6. The number of sulfonamides is 1. The van der Waals surface area contributed by atoms with Gasteiger partial charge in [-0.1, -0.05) is 42.5 Å². The van der Waals surface area contributed by atoms with E-state index in [1.54, 1.807) is 18.2 Å². The van der Waals surface area contributed by atoms with Gasteiger partial charge >= 0.3 is 0 Å². The van der Waals surface area contributed by atoms with E-state index in [9.17, 15) is 13.2 Å². The van der Waals surface area contributed by atoms with Crippen LogP contribution in [0.5, 0.6) is 0 Å². The molecule has 0 saturated carbocycles. The molecular formula is C22H19N3O3S. The van der Waals surface area contributed by atoms with Gasteiger partial charge in [-0.05, 0) is 48.4 Å². The third kappa shape index (κ3) is 5.21. The summed E-state index contributed by atoms with van der Waals surface area (Å²) in [5.74, 6) is -0.362. The first-order valence-corrected chi connectivity index (χ1v) is 10.4. The van der Waals surface area contributed by atoms with Crippen LogP contribution in [0.4, 0.5) is 5.69 Å². The Bertz CT molecular complexity index is 1140. The van der Waals surface area contributed by atoms with E-state index in [2.05, 4.69) is 10.0 Å². The molecular weight excluding hydrogens is 386 g/mol. The molecule has 3 aromatic rings. The average Bonchev–Trinajstić information content (AvgIpc) is 2.74. The Balaban J connectivity index is 1.72. The lowest BCUT2D eigenvalue weighted by Gasteiger charge is -2.13. The summed E-state index contributed by atoms with van der Waals surface area (Å²) in [5, 5.41) is 11.7. The predicted molar refractivity (Wildman–Crippen MR) is 111 cm³/mol. The first-order valence-electron chi connectivity index (χ1n) is 8.94. The number of carbonyl (C=O) groups is 1. The molecule has 1 amide bonds. The Morgan fingerprint density at radius 2 is 1.55 bits per heavy atom. The number of carbonyl (C=O) groups excluding carboxylic acids is 1. The molecule has 2 N–H and O–H groups in total. The van der Waals surface area contributed by atoms with Crippen LogP contribution in [0.25, 0.3) is 0 Å². The molecule has 0 heterocycles. The number of hydrogen-bond acceptors (Lipinski definition) is 4. The lowest BCUT2D eigenvalue weighted by atomic mass is 10.1.